The van der Waals surface area contributed by atoms with Gasteiger partial charge < -0.3 is 14.5 Å². The topological polar surface area (TPSA) is 34.2 Å². The Morgan fingerprint density at radius 1 is 1.11 bits per heavy atom. The molecular weight excluding hydrogens is 247 g/mol. The number of fused-ring (bicyclic) bond motifs is 1. The molecule has 18 heavy (non-hydrogen) atoms. The summed E-state index contributed by atoms with van der Waals surface area (Å²) in [6.45, 7) is -1.25. The van der Waals surface area contributed by atoms with Crippen molar-refractivity contribution in [2.24, 2.45) is 0 Å². The van der Waals surface area contributed by atoms with Crippen LogP contribution in [0.5, 0.6) is 5.75 Å². The Hall–Kier alpha value is -1.69. The quantitative estimate of drug-likeness (QED) is 0.837. The first-order valence-electron chi connectivity index (χ1n) is 5.39. The van der Waals surface area contributed by atoms with E-state index in [4.69, 9.17) is 4.74 Å². The fourth-order valence-corrected chi connectivity index (χ4v) is 1.53. The Balaban J connectivity index is 1.76. The van der Waals surface area contributed by atoms with Gasteiger partial charge in [-0.05, 0) is 24.3 Å². The third kappa shape index (κ3) is 3.66. The van der Waals surface area contributed by atoms with Crippen LogP contribution in [0.4, 0.5) is 13.2 Å². The van der Waals surface area contributed by atoms with Gasteiger partial charge >= 0.3 is 6.18 Å². The average Bonchev–Trinajstić information content (AvgIpc) is 2.74. The first kappa shape index (κ1) is 12.8. The fourth-order valence-electron chi connectivity index (χ4n) is 1.53. The summed E-state index contributed by atoms with van der Waals surface area (Å²) in [4.78, 5) is 3.03. The molecule has 0 bridgehead atoms. The van der Waals surface area contributed by atoms with Crippen molar-refractivity contribution in [2.45, 2.75) is 6.18 Å². The first-order valence-corrected chi connectivity index (χ1v) is 5.39. The molecule has 1 heterocycles. The molecule has 0 atom stereocenters. The van der Waals surface area contributed by atoms with Gasteiger partial charge in [-0.2, -0.15) is 13.2 Å². The minimum absolute atomic E-state index is 0.0893. The Morgan fingerprint density at radius 2 is 1.94 bits per heavy atom. The Bertz CT molecular complexity index is 507. The number of halogens is 3. The largest absolute Gasteiger partial charge is 0.491 e. The minimum Gasteiger partial charge on any atom is -0.491 e. The number of aromatic amines is 1. The fraction of sp³-hybridized carbons (Fsp3) is 0.333. The van der Waals surface area contributed by atoms with Gasteiger partial charge in [0.15, 0.2) is 0 Å². The highest BCUT2D eigenvalue weighted by Gasteiger charge is 2.27. The van der Waals surface area contributed by atoms with E-state index < -0.39 is 12.8 Å². The van der Waals surface area contributed by atoms with Gasteiger partial charge in [0, 0.05) is 17.1 Å². The number of rotatable bonds is 5. The second-order valence-electron chi connectivity index (χ2n) is 3.74. The number of hydrogen-bond acceptors (Lipinski definition) is 2. The highest BCUT2D eigenvalue weighted by molar-refractivity contribution is 5.80. The predicted octanol–water partition coefficient (Wildman–Crippen LogP) is 3.13. The molecule has 98 valence electrons. The van der Waals surface area contributed by atoms with Crippen LogP contribution in [0.25, 0.3) is 10.9 Å². The number of H-pyrrole nitrogens is 1. The lowest BCUT2D eigenvalue weighted by Gasteiger charge is -2.09. The first-order chi connectivity index (χ1) is 8.54. The van der Waals surface area contributed by atoms with Crippen LogP contribution in [0.1, 0.15) is 0 Å². The van der Waals surface area contributed by atoms with E-state index in [1.807, 2.05) is 18.2 Å². The van der Waals surface area contributed by atoms with E-state index in [2.05, 4.69) is 9.72 Å². The van der Waals surface area contributed by atoms with Crippen molar-refractivity contribution >= 4 is 10.9 Å². The molecule has 1 N–H and O–H groups in total. The third-order valence-corrected chi connectivity index (χ3v) is 2.29. The van der Waals surface area contributed by atoms with Crippen molar-refractivity contribution in [2.75, 3.05) is 19.8 Å². The van der Waals surface area contributed by atoms with Crippen molar-refractivity contribution in [3.8, 4) is 5.75 Å². The van der Waals surface area contributed by atoms with E-state index in [0.29, 0.717) is 5.75 Å². The number of hydrogen-bond donors (Lipinski definition) is 1. The highest BCUT2D eigenvalue weighted by atomic mass is 19.4. The second kappa shape index (κ2) is 5.30. The van der Waals surface area contributed by atoms with Crippen LogP contribution in [0.2, 0.25) is 0 Å². The zero-order valence-corrected chi connectivity index (χ0v) is 9.46. The van der Waals surface area contributed by atoms with E-state index in [9.17, 15) is 13.2 Å². The van der Waals surface area contributed by atoms with Crippen LogP contribution in [0, 0.1) is 0 Å². The lowest BCUT2D eigenvalue weighted by Crippen LogP contribution is -2.19. The summed E-state index contributed by atoms with van der Waals surface area (Å²) in [6, 6.07) is 7.31. The van der Waals surface area contributed by atoms with Gasteiger partial charge in [0.1, 0.15) is 19.0 Å². The lowest BCUT2D eigenvalue weighted by molar-refractivity contribution is -0.175. The van der Waals surface area contributed by atoms with Crippen molar-refractivity contribution in [1.82, 2.24) is 4.98 Å². The zero-order chi connectivity index (χ0) is 13.0. The molecule has 2 rings (SSSR count). The van der Waals surface area contributed by atoms with E-state index in [0.717, 1.165) is 10.9 Å². The van der Waals surface area contributed by atoms with Crippen LogP contribution in [-0.4, -0.2) is 31.0 Å². The molecule has 2 aromatic rings. The van der Waals surface area contributed by atoms with E-state index in [1.165, 1.54) is 0 Å². The molecule has 0 amide bonds. The molecule has 0 aliphatic rings. The molecule has 1 aromatic carbocycles. The van der Waals surface area contributed by atoms with Crippen molar-refractivity contribution in [3.05, 3.63) is 30.5 Å². The van der Waals surface area contributed by atoms with Gasteiger partial charge in [0.25, 0.3) is 0 Å². The minimum atomic E-state index is -4.29. The Kier molecular flexibility index (Phi) is 3.76. The number of nitrogens with one attached hydrogen (secondary N) is 1. The standard InChI is InChI=1S/C12H12F3NO2/c13-12(14,15)8-17-5-6-18-10-1-2-11-9(7-10)3-4-16-11/h1-4,7,16H,5-6,8H2. The van der Waals surface area contributed by atoms with Crippen LogP contribution in [0.3, 0.4) is 0 Å². The number of aromatic nitrogens is 1. The summed E-state index contributed by atoms with van der Waals surface area (Å²) >= 11 is 0. The molecular formula is C12H12F3NO2. The van der Waals surface area contributed by atoms with Gasteiger partial charge in [-0.1, -0.05) is 0 Å². The maximum Gasteiger partial charge on any atom is 0.411 e. The molecule has 0 spiro atoms. The van der Waals surface area contributed by atoms with Gasteiger partial charge in [0.05, 0.1) is 6.61 Å². The summed E-state index contributed by atoms with van der Waals surface area (Å²) in [5.41, 5.74) is 0.982. The smallest absolute Gasteiger partial charge is 0.411 e. The summed E-state index contributed by atoms with van der Waals surface area (Å²) < 4.78 is 45.1. The average molecular weight is 259 g/mol. The van der Waals surface area contributed by atoms with Crippen LogP contribution >= 0.6 is 0 Å². The van der Waals surface area contributed by atoms with Crippen molar-refractivity contribution in [1.29, 1.82) is 0 Å². The molecule has 0 radical (unpaired) electrons. The molecule has 0 saturated heterocycles. The lowest BCUT2D eigenvalue weighted by atomic mass is 10.2. The summed E-state index contributed by atoms with van der Waals surface area (Å²) in [7, 11) is 0. The SMILES string of the molecule is FC(F)(F)COCCOc1ccc2[nH]ccc2c1. The molecule has 3 nitrogen and oxygen atoms in total. The number of benzene rings is 1. The van der Waals surface area contributed by atoms with Crippen LogP contribution in [-0.2, 0) is 4.74 Å². The molecule has 0 fully saturated rings. The van der Waals surface area contributed by atoms with Gasteiger partial charge in [0.2, 0.25) is 0 Å². The highest BCUT2D eigenvalue weighted by Crippen LogP contribution is 2.19. The van der Waals surface area contributed by atoms with Gasteiger partial charge in [-0.15, -0.1) is 0 Å². The molecule has 1 aromatic heterocycles. The second-order valence-corrected chi connectivity index (χ2v) is 3.74. The maximum absolute atomic E-state index is 11.8. The molecule has 0 saturated carbocycles. The third-order valence-electron chi connectivity index (χ3n) is 2.29. The van der Waals surface area contributed by atoms with Gasteiger partial charge in [-0.3, -0.25) is 0 Å². The molecule has 0 aliphatic carbocycles. The van der Waals surface area contributed by atoms with Crippen molar-refractivity contribution in [3.63, 3.8) is 0 Å². The Morgan fingerprint density at radius 3 is 2.72 bits per heavy atom. The number of ether oxygens (including phenoxy) is 2. The van der Waals surface area contributed by atoms with Crippen molar-refractivity contribution < 1.29 is 22.6 Å². The zero-order valence-electron chi connectivity index (χ0n) is 9.46. The number of alkyl halides is 3. The van der Waals surface area contributed by atoms with Gasteiger partial charge in [-0.25, -0.2) is 0 Å². The summed E-state index contributed by atoms with van der Waals surface area (Å²) in [5.74, 6) is 0.609. The normalized spacial score (nSPS) is 11.9. The summed E-state index contributed by atoms with van der Waals surface area (Å²) in [5, 5.41) is 0.990. The Labute approximate surface area is 102 Å². The van der Waals surface area contributed by atoms with E-state index in [1.54, 1.807) is 12.3 Å². The monoisotopic (exact) mass is 259 g/mol. The maximum atomic E-state index is 11.8. The van der Waals surface area contributed by atoms with E-state index in [-0.39, 0.29) is 13.2 Å². The van der Waals surface area contributed by atoms with Crippen LogP contribution < -0.4 is 4.74 Å². The van der Waals surface area contributed by atoms with Crippen LogP contribution in [0.15, 0.2) is 30.5 Å². The van der Waals surface area contributed by atoms with E-state index >= 15 is 0 Å². The molecule has 0 aliphatic heterocycles. The summed E-state index contributed by atoms with van der Waals surface area (Å²) in [6.07, 6.45) is -2.48. The molecule has 6 heteroatoms. The molecule has 0 unspecified atom stereocenters. The predicted molar refractivity (Wildman–Crippen MR) is 60.7 cm³/mol.